The molecule has 1 rings (SSSR count). The van der Waals surface area contributed by atoms with Crippen LogP contribution in [0.15, 0.2) is 0 Å². The van der Waals surface area contributed by atoms with Crippen molar-refractivity contribution in [2.75, 3.05) is 19.0 Å². The lowest BCUT2D eigenvalue weighted by Crippen LogP contribution is -2.14. The number of aromatic nitrogens is 3. The number of rotatable bonds is 4. The molecule has 6 heteroatoms. The third-order valence-electron chi connectivity index (χ3n) is 1.90. The van der Waals surface area contributed by atoms with Gasteiger partial charge in [-0.05, 0) is 0 Å². The van der Waals surface area contributed by atoms with E-state index in [1.807, 2.05) is 26.0 Å². The molecule has 0 aliphatic rings. The molecule has 0 saturated carbocycles. The van der Waals surface area contributed by atoms with Gasteiger partial charge in [-0.25, -0.2) is 0 Å². The maximum Gasteiger partial charge on any atom is 0.303 e. The van der Waals surface area contributed by atoms with E-state index < -0.39 is 5.97 Å². The first-order valence-corrected chi connectivity index (χ1v) is 4.29. The van der Waals surface area contributed by atoms with Crippen LogP contribution >= 0.6 is 0 Å². The largest absolute Gasteiger partial charge is 0.481 e. The summed E-state index contributed by atoms with van der Waals surface area (Å²) in [5.74, 6) is 0.598. The van der Waals surface area contributed by atoms with Gasteiger partial charge in [-0.1, -0.05) is 0 Å². The summed E-state index contributed by atoms with van der Waals surface area (Å²) in [6.45, 7) is 0. The lowest BCUT2D eigenvalue weighted by Gasteiger charge is -2.10. The van der Waals surface area contributed by atoms with Crippen LogP contribution < -0.4 is 4.90 Å². The molecular weight excluding hydrogens is 184 g/mol. The second-order valence-electron chi connectivity index (χ2n) is 3.26. The van der Waals surface area contributed by atoms with E-state index in [4.69, 9.17) is 5.11 Å². The van der Waals surface area contributed by atoms with Crippen LogP contribution in [0.2, 0.25) is 0 Å². The number of anilines is 1. The molecule has 0 aliphatic carbocycles. The molecular formula is C8H14N4O2. The molecule has 0 radical (unpaired) electrons. The van der Waals surface area contributed by atoms with Gasteiger partial charge in [-0.15, -0.1) is 10.2 Å². The maximum atomic E-state index is 10.4. The SMILES string of the molecule is CN(C)c1nnc(CCC(=O)O)n1C. The number of hydrogen-bond acceptors (Lipinski definition) is 4. The van der Waals surface area contributed by atoms with E-state index in [0.29, 0.717) is 12.2 Å². The molecule has 0 fully saturated rings. The summed E-state index contributed by atoms with van der Waals surface area (Å²) >= 11 is 0. The van der Waals surface area contributed by atoms with Gasteiger partial charge in [0.15, 0.2) is 0 Å². The normalized spacial score (nSPS) is 10.2. The Kier molecular flexibility index (Phi) is 3.06. The number of aliphatic carboxylic acids is 1. The van der Waals surface area contributed by atoms with Gasteiger partial charge in [0.25, 0.3) is 0 Å². The van der Waals surface area contributed by atoms with Gasteiger partial charge >= 0.3 is 5.97 Å². The zero-order valence-corrected chi connectivity index (χ0v) is 8.56. The van der Waals surface area contributed by atoms with E-state index in [0.717, 1.165) is 5.95 Å². The lowest BCUT2D eigenvalue weighted by molar-refractivity contribution is -0.137. The van der Waals surface area contributed by atoms with Crippen molar-refractivity contribution >= 4 is 11.9 Å². The highest BCUT2D eigenvalue weighted by molar-refractivity contribution is 5.66. The van der Waals surface area contributed by atoms with Crippen LogP contribution in [0.25, 0.3) is 0 Å². The van der Waals surface area contributed by atoms with Gasteiger partial charge in [-0.3, -0.25) is 4.79 Å². The highest BCUT2D eigenvalue weighted by Crippen LogP contribution is 2.09. The number of nitrogens with zero attached hydrogens (tertiary/aromatic N) is 4. The van der Waals surface area contributed by atoms with Crippen molar-refractivity contribution in [1.82, 2.24) is 14.8 Å². The number of carbonyl (C=O) groups is 1. The fraction of sp³-hybridized carbons (Fsp3) is 0.625. The van der Waals surface area contributed by atoms with Crippen molar-refractivity contribution in [3.63, 3.8) is 0 Å². The van der Waals surface area contributed by atoms with Crippen LogP contribution in [0.3, 0.4) is 0 Å². The molecule has 0 saturated heterocycles. The fourth-order valence-electron chi connectivity index (χ4n) is 1.18. The number of carboxylic acid groups (broad SMARTS) is 1. The maximum absolute atomic E-state index is 10.4. The molecule has 14 heavy (non-hydrogen) atoms. The van der Waals surface area contributed by atoms with Gasteiger partial charge in [0.2, 0.25) is 5.95 Å². The average Bonchev–Trinajstić information content (AvgIpc) is 2.43. The smallest absolute Gasteiger partial charge is 0.303 e. The molecule has 0 spiro atoms. The van der Waals surface area contributed by atoms with E-state index >= 15 is 0 Å². The highest BCUT2D eigenvalue weighted by Gasteiger charge is 2.10. The number of hydrogen-bond donors (Lipinski definition) is 1. The minimum Gasteiger partial charge on any atom is -0.481 e. The molecule has 0 unspecified atom stereocenters. The third kappa shape index (κ3) is 2.21. The minimum atomic E-state index is -0.820. The molecule has 1 aromatic heterocycles. The fourth-order valence-corrected chi connectivity index (χ4v) is 1.18. The summed E-state index contributed by atoms with van der Waals surface area (Å²) in [6, 6.07) is 0. The first kappa shape index (κ1) is 10.5. The van der Waals surface area contributed by atoms with Crippen molar-refractivity contribution < 1.29 is 9.90 Å². The predicted molar refractivity (Wildman–Crippen MR) is 51.3 cm³/mol. The van der Waals surface area contributed by atoms with Gasteiger partial charge < -0.3 is 14.6 Å². The monoisotopic (exact) mass is 198 g/mol. The van der Waals surface area contributed by atoms with Crippen LogP contribution in [0.1, 0.15) is 12.2 Å². The molecule has 0 aromatic carbocycles. The highest BCUT2D eigenvalue weighted by atomic mass is 16.4. The summed E-state index contributed by atoms with van der Waals surface area (Å²) in [5, 5.41) is 16.4. The van der Waals surface area contributed by atoms with E-state index in [1.165, 1.54) is 0 Å². The zero-order chi connectivity index (χ0) is 10.7. The van der Waals surface area contributed by atoms with E-state index in [-0.39, 0.29) is 6.42 Å². The Morgan fingerprint density at radius 1 is 1.50 bits per heavy atom. The zero-order valence-electron chi connectivity index (χ0n) is 8.56. The first-order chi connectivity index (χ1) is 6.52. The van der Waals surface area contributed by atoms with Gasteiger partial charge in [0, 0.05) is 27.6 Å². The molecule has 1 N–H and O–H groups in total. The molecule has 0 atom stereocenters. The second-order valence-corrected chi connectivity index (χ2v) is 3.26. The van der Waals surface area contributed by atoms with Crippen LogP contribution in [0.4, 0.5) is 5.95 Å². The summed E-state index contributed by atoms with van der Waals surface area (Å²) < 4.78 is 1.79. The van der Waals surface area contributed by atoms with E-state index in [2.05, 4.69) is 10.2 Å². The van der Waals surface area contributed by atoms with Crippen molar-refractivity contribution in [1.29, 1.82) is 0 Å². The molecule has 1 heterocycles. The molecule has 0 amide bonds. The summed E-state index contributed by atoms with van der Waals surface area (Å²) in [5.41, 5.74) is 0. The molecule has 0 aliphatic heterocycles. The Balaban J connectivity index is 2.74. The average molecular weight is 198 g/mol. The summed E-state index contributed by atoms with van der Waals surface area (Å²) in [7, 11) is 5.56. The molecule has 6 nitrogen and oxygen atoms in total. The Bertz CT molecular complexity index is 332. The Hall–Kier alpha value is -1.59. The van der Waals surface area contributed by atoms with Crippen molar-refractivity contribution in [2.45, 2.75) is 12.8 Å². The number of aryl methyl sites for hydroxylation is 1. The van der Waals surface area contributed by atoms with E-state index in [1.54, 1.807) is 4.57 Å². The van der Waals surface area contributed by atoms with Crippen molar-refractivity contribution in [3.8, 4) is 0 Å². The predicted octanol–water partition coefficient (Wildman–Crippen LogP) is -0.102. The number of carboxylic acids is 1. The first-order valence-electron chi connectivity index (χ1n) is 4.29. The van der Waals surface area contributed by atoms with Gasteiger partial charge in [0.05, 0.1) is 6.42 Å². The topological polar surface area (TPSA) is 71.2 Å². The quantitative estimate of drug-likeness (QED) is 0.731. The molecule has 1 aromatic rings. The van der Waals surface area contributed by atoms with Gasteiger partial charge in [0.1, 0.15) is 5.82 Å². The van der Waals surface area contributed by atoms with Crippen LogP contribution in [0.5, 0.6) is 0 Å². The summed E-state index contributed by atoms with van der Waals surface area (Å²) in [4.78, 5) is 12.2. The second kappa shape index (κ2) is 4.08. The standard InChI is InChI=1S/C8H14N4O2/c1-11(2)8-10-9-6(12(8)3)4-5-7(13)14/h4-5H2,1-3H3,(H,13,14). The van der Waals surface area contributed by atoms with Crippen molar-refractivity contribution in [3.05, 3.63) is 5.82 Å². The van der Waals surface area contributed by atoms with Crippen LogP contribution in [-0.2, 0) is 18.3 Å². The molecule has 0 bridgehead atoms. The Labute approximate surface area is 82.2 Å². The van der Waals surface area contributed by atoms with E-state index in [9.17, 15) is 4.79 Å². The molecule has 78 valence electrons. The Morgan fingerprint density at radius 2 is 2.14 bits per heavy atom. The van der Waals surface area contributed by atoms with Crippen LogP contribution in [0, 0.1) is 0 Å². The van der Waals surface area contributed by atoms with Gasteiger partial charge in [-0.2, -0.15) is 0 Å². The lowest BCUT2D eigenvalue weighted by atomic mass is 10.3. The van der Waals surface area contributed by atoms with Crippen LogP contribution in [-0.4, -0.2) is 39.9 Å². The van der Waals surface area contributed by atoms with Crippen molar-refractivity contribution in [2.24, 2.45) is 7.05 Å². The Morgan fingerprint density at radius 3 is 2.57 bits per heavy atom. The minimum absolute atomic E-state index is 0.0827. The third-order valence-corrected chi connectivity index (χ3v) is 1.90. The summed E-state index contributed by atoms with van der Waals surface area (Å²) in [6.07, 6.45) is 0.492.